The predicted octanol–water partition coefficient (Wildman–Crippen LogP) is 2.28. The summed E-state index contributed by atoms with van der Waals surface area (Å²) in [5, 5.41) is 3.33. The summed E-state index contributed by atoms with van der Waals surface area (Å²) in [5.41, 5.74) is 8.99. The van der Waals surface area contributed by atoms with Crippen molar-refractivity contribution in [1.82, 2.24) is 5.32 Å². The van der Waals surface area contributed by atoms with Crippen molar-refractivity contribution in [2.75, 3.05) is 5.73 Å². The number of nitrogen functional groups attached to an aromatic ring is 1. The van der Waals surface area contributed by atoms with Gasteiger partial charge in [-0.25, -0.2) is 0 Å². The molecule has 0 atom stereocenters. The number of hydrogen-bond donors (Lipinski definition) is 2. The highest BCUT2D eigenvalue weighted by Crippen LogP contribution is 2.34. The minimum Gasteiger partial charge on any atom is -0.398 e. The van der Waals surface area contributed by atoms with Crippen LogP contribution in [0.3, 0.4) is 0 Å². The van der Waals surface area contributed by atoms with Crippen molar-refractivity contribution < 1.29 is 0 Å². The van der Waals surface area contributed by atoms with Gasteiger partial charge in [-0.05, 0) is 30.4 Å². The third-order valence-corrected chi connectivity index (χ3v) is 2.63. The first-order chi connectivity index (χ1) is 6.77. The van der Waals surface area contributed by atoms with E-state index >= 15 is 0 Å². The molecular weight excluding hydrogens is 172 g/mol. The lowest BCUT2D eigenvalue weighted by atomic mass is 10.2. The molecule has 1 aromatic rings. The van der Waals surface area contributed by atoms with E-state index in [1.54, 1.807) is 0 Å². The van der Waals surface area contributed by atoms with Gasteiger partial charge >= 0.3 is 0 Å². The summed E-state index contributed by atoms with van der Waals surface area (Å²) in [6, 6.07) is 7.93. The Morgan fingerprint density at radius 2 is 2.14 bits per heavy atom. The molecule has 1 fully saturated rings. The Bertz CT molecular complexity index is 340. The first-order valence-electron chi connectivity index (χ1n) is 5.03. The molecule has 2 rings (SSSR count). The van der Waals surface area contributed by atoms with Gasteiger partial charge in [-0.2, -0.15) is 0 Å². The largest absolute Gasteiger partial charge is 0.398 e. The van der Waals surface area contributed by atoms with Crippen molar-refractivity contribution in [3.8, 4) is 0 Å². The second-order valence-corrected chi connectivity index (χ2v) is 3.85. The zero-order valence-electron chi connectivity index (χ0n) is 8.29. The van der Waals surface area contributed by atoms with Crippen molar-refractivity contribution in [3.05, 3.63) is 42.1 Å². The second-order valence-electron chi connectivity index (χ2n) is 3.85. The Labute approximate surface area is 84.8 Å². The first-order valence-corrected chi connectivity index (χ1v) is 5.03. The number of hydrogen-bond acceptors (Lipinski definition) is 2. The minimum atomic E-state index is 0.708. The third-order valence-electron chi connectivity index (χ3n) is 2.63. The van der Waals surface area contributed by atoms with E-state index in [9.17, 15) is 0 Å². The molecule has 14 heavy (non-hydrogen) atoms. The van der Waals surface area contributed by atoms with E-state index in [2.05, 4.69) is 11.9 Å². The van der Waals surface area contributed by atoms with Crippen LogP contribution in [0.25, 0.3) is 0 Å². The van der Waals surface area contributed by atoms with Crippen LogP contribution in [0.4, 0.5) is 5.69 Å². The SMILES string of the molecule is C=C(NCc1ccccc1N)C1CC1. The molecule has 1 aromatic carbocycles. The summed E-state index contributed by atoms with van der Waals surface area (Å²) in [4.78, 5) is 0. The Morgan fingerprint density at radius 3 is 2.79 bits per heavy atom. The van der Waals surface area contributed by atoms with Gasteiger partial charge in [0.1, 0.15) is 0 Å². The van der Waals surface area contributed by atoms with E-state index < -0.39 is 0 Å². The van der Waals surface area contributed by atoms with E-state index in [0.29, 0.717) is 5.92 Å². The van der Waals surface area contributed by atoms with Gasteiger partial charge in [0.15, 0.2) is 0 Å². The van der Waals surface area contributed by atoms with Crippen LogP contribution in [0.5, 0.6) is 0 Å². The number of para-hydroxylation sites is 1. The third kappa shape index (κ3) is 2.08. The van der Waals surface area contributed by atoms with Crippen molar-refractivity contribution in [2.24, 2.45) is 5.92 Å². The van der Waals surface area contributed by atoms with Gasteiger partial charge in [-0.15, -0.1) is 0 Å². The number of allylic oxidation sites excluding steroid dienone is 1. The van der Waals surface area contributed by atoms with Crippen LogP contribution in [-0.2, 0) is 6.54 Å². The second kappa shape index (κ2) is 3.74. The number of anilines is 1. The van der Waals surface area contributed by atoms with Crippen LogP contribution in [-0.4, -0.2) is 0 Å². The van der Waals surface area contributed by atoms with Crippen molar-refractivity contribution in [1.29, 1.82) is 0 Å². The molecule has 3 N–H and O–H groups in total. The van der Waals surface area contributed by atoms with Gasteiger partial charge < -0.3 is 11.1 Å². The maximum absolute atomic E-state index is 5.83. The summed E-state index contributed by atoms with van der Waals surface area (Å²) < 4.78 is 0. The smallest absolute Gasteiger partial charge is 0.0418 e. The molecule has 0 amide bonds. The van der Waals surface area contributed by atoms with Crippen LogP contribution in [0.1, 0.15) is 18.4 Å². The van der Waals surface area contributed by atoms with E-state index in [1.807, 2.05) is 24.3 Å². The van der Waals surface area contributed by atoms with Gasteiger partial charge in [-0.3, -0.25) is 0 Å². The number of nitrogens with two attached hydrogens (primary N) is 1. The van der Waals surface area contributed by atoms with Crippen molar-refractivity contribution in [3.63, 3.8) is 0 Å². The fraction of sp³-hybridized carbons (Fsp3) is 0.333. The Balaban J connectivity index is 1.91. The minimum absolute atomic E-state index is 0.708. The quantitative estimate of drug-likeness (QED) is 0.711. The Hall–Kier alpha value is -1.44. The lowest BCUT2D eigenvalue weighted by Gasteiger charge is -2.09. The highest BCUT2D eigenvalue weighted by Gasteiger charge is 2.24. The Morgan fingerprint density at radius 1 is 1.43 bits per heavy atom. The first kappa shape index (κ1) is 9.13. The van der Waals surface area contributed by atoms with Crippen molar-refractivity contribution >= 4 is 5.69 Å². The summed E-state index contributed by atoms with van der Waals surface area (Å²) in [5.74, 6) is 0.708. The molecule has 2 heteroatoms. The standard InChI is InChI=1S/C12H16N2/c1-9(10-6-7-10)14-8-11-4-2-3-5-12(11)13/h2-5,10,14H,1,6-8,13H2. The molecule has 0 unspecified atom stereocenters. The van der Waals surface area contributed by atoms with Gasteiger partial charge in [0.05, 0.1) is 0 Å². The maximum atomic E-state index is 5.83. The van der Waals surface area contributed by atoms with Crippen LogP contribution in [0.15, 0.2) is 36.5 Å². The van der Waals surface area contributed by atoms with E-state index in [4.69, 9.17) is 5.73 Å². The normalized spacial score (nSPS) is 15.1. The topological polar surface area (TPSA) is 38.0 Å². The van der Waals surface area contributed by atoms with E-state index in [0.717, 1.165) is 23.5 Å². The average Bonchev–Trinajstić information content (AvgIpc) is 2.99. The number of rotatable bonds is 4. The van der Waals surface area contributed by atoms with E-state index in [-0.39, 0.29) is 0 Å². The molecule has 0 heterocycles. The number of benzene rings is 1. The monoisotopic (exact) mass is 188 g/mol. The van der Waals surface area contributed by atoms with Crippen LogP contribution in [0, 0.1) is 5.92 Å². The van der Waals surface area contributed by atoms with Crippen molar-refractivity contribution in [2.45, 2.75) is 19.4 Å². The lowest BCUT2D eigenvalue weighted by molar-refractivity contribution is 0.748. The fourth-order valence-electron chi connectivity index (χ4n) is 1.48. The fourth-order valence-corrected chi connectivity index (χ4v) is 1.48. The lowest BCUT2D eigenvalue weighted by Crippen LogP contribution is -2.14. The molecule has 0 saturated heterocycles. The maximum Gasteiger partial charge on any atom is 0.0418 e. The van der Waals surface area contributed by atoms with Gasteiger partial charge in [0.2, 0.25) is 0 Å². The molecule has 0 bridgehead atoms. The zero-order valence-corrected chi connectivity index (χ0v) is 8.29. The van der Waals surface area contributed by atoms with Gasteiger partial charge in [0.25, 0.3) is 0 Å². The molecule has 0 radical (unpaired) electrons. The molecule has 1 aliphatic carbocycles. The predicted molar refractivity (Wildman–Crippen MR) is 59.6 cm³/mol. The van der Waals surface area contributed by atoms with Crippen LogP contribution < -0.4 is 11.1 Å². The summed E-state index contributed by atoms with van der Waals surface area (Å²) in [7, 11) is 0. The molecule has 0 spiro atoms. The molecule has 2 nitrogen and oxygen atoms in total. The molecule has 0 aromatic heterocycles. The zero-order chi connectivity index (χ0) is 9.97. The van der Waals surface area contributed by atoms with Crippen LogP contribution >= 0.6 is 0 Å². The highest BCUT2D eigenvalue weighted by molar-refractivity contribution is 5.46. The molecule has 74 valence electrons. The van der Waals surface area contributed by atoms with Crippen LogP contribution in [0.2, 0.25) is 0 Å². The van der Waals surface area contributed by atoms with E-state index in [1.165, 1.54) is 12.8 Å². The molecule has 1 saturated carbocycles. The molecule has 0 aliphatic heterocycles. The Kier molecular flexibility index (Phi) is 2.44. The van der Waals surface area contributed by atoms with Gasteiger partial charge in [-0.1, -0.05) is 24.8 Å². The summed E-state index contributed by atoms with van der Waals surface area (Å²) in [6.07, 6.45) is 2.58. The highest BCUT2D eigenvalue weighted by atomic mass is 14.9. The van der Waals surface area contributed by atoms with Gasteiger partial charge in [0, 0.05) is 17.9 Å². The summed E-state index contributed by atoms with van der Waals surface area (Å²) >= 11 is 0. The average molecular weight is 188 g/mol. The molecular formula is C12H16N2. The summed E-state index contributed by atoms with van der Waals surface area (Å²) in [6.45, 7) is 4.80. The molecule has 1 aliphatic rings. The number of nitrogens with one attached hydrogen (secondary N) is 1.